The molecule has 0 radical (unpaired) electrons. The summed E-state index contributed by atoms with van der Waals surface area (Å²) in [7, 11) is 0. The first-order valence-corrected chi connectivity index (χ1v) is 7.47. The van der Waals surface area contributed by atoms with Crippen molar-refractivity contribution in [3.63, 3.8) is 0 Å². The summed E-state index contributed by atoms with van der Waals surface area (Å²) >= 11 is 0. The lowest BCUT2D eigenvalue weighted by Gasteiger charge is -2.19. The van der Waals surface area contributed by atoms with Crippen molar-refractivity contribution in [3.05, 3.63) is 42.0 Å². The van der Waals surface area contributed by atoms with E-state index in [4.69, 9.17) is 9.47 Å². The van der Waals surface area contributed by atoms with Crippen molar-refractivity contribution >= 4 is 10.8 Å². The van der Waals surface area contributed by atoms with E-state index >= 15 is 0 Å². The molecule has 0 aliphatic rings. The fourth-order valence-corrected chi connectivity index (χ4v) is 2.49. The van der Waals surface area contributed by atoms with Gasteiger partial charge < -0.3 is 9.47 Å². The highest BCUT2D eigenvalue weighted by molar-refractivity contribution is 5.91. The van der Waals surface area contributed by atoms with Crippen molar-refractivity contribution in [1.29, 1.82) is 0 Å². The Kier molecular flexibility index (Phi) is 5.02. The van der Waals surface area contributed by atoms with Crippen LogP contribution in [-0.2, 0) is 4.74 Å². The second kappa shape index (κ2) is 6.76. The first-order chi connectivity index (χ1) is 9.67. The standard InChI is InChI=1S/C18H24O2/c1-5-13(3)15-11-12-18(20-14(4)19-6-2)17-10-8-7-9-16(15)17/h7-14H,5-6H2,1-4H3. The largest absolute Gasteiger partial charge is 0.465 e. The molecule has 108 valence electrons. The Balaban J connectivity index is 2.43. The second-order valence-electron chi connectivity index (χ2n) is 5.15. The molecule has 0 bridgehead atoms. The van der Waals surface area contributed by atoms with Crippen LogP contribution in [0.2, 0.25) is 0 Å². The second-order valence-corrected chi connectivity index (χ2v) is 5.15. The van der Waals surface area contributed by atoms with E-state index in [0.717, 1.165) is 17.6 Å². The molecule has 0 aliphatic heterocycles. The third kappa shape index (κ3) is 3.13. The average Bonchev–Trinajstić information content (AvgIpc) is 2.47. The Morgan fingerprint density at radius 1 is 0.950 bits per heavy atom. The molecule has 2 atom stereocenters. The van der Waals surface area contributed by atoms with Crippen LogP contribution in [0.25, 0.3) is 10.8 Å². The minimum Gasteiger partial charge on any atom is -0.465 e. The zero-order chi connectivity index (χ0) is 14.5. The van der Waals surface area contributed by atoms with Gasteiger partial charge in [-0.25, -0.2) is 0 Å². The van der Waals surface area contributed by atoms with Crippen molar-refractivity contribution in [2.24, 2.45) is 0 Å². The van der Waals surface area contributed by atoms with Gasteiger partial charge in [-0.2, -0.15) is 0 Å². The van der Waals surface area contributed by atoms with Gasteiger partial charge in [0.1, 0.15) is 5.75 Å². The average molecular weight is 272 g/mol. The van der Waals surface area contributed by atoms with Gasteiger partial charge in [-0.15, -0.1) is 0 Å². The third-order valence-electron chi connectivity index (χ3n) is 3.76. The van der Waals surface area contributed by atoms with Gasteiger partial charge in [-0.1, -0.05) is 44.2 Å². The molecule has 0 heterocycles. The van der Waals surface area contributed by atoms with E-state index in [2.05, 4.69) is 50.2 Å². The predicted molar refractivity (Wildman–Crippen MR) is 84.4 cm³/mol. The maximum absolute atomic E-state index is 5.91. The Bertz CT molecular complexity index is 562. The minimum absolute atomic E-state index is 0.224. The summed E-state index contributed by atoms with van der Waals surface area (Å²) in [6.45, 7) is 9.06. The lowest BCUT2D eigenvalue weighted by atomic mass is 9.93. The molecule has 0 aromatic heterocycles. The maximum Gasteiger partial charge on any atom is 0.196 e. The van der Waals surface area contributed by atoms with Crippen LogP contribution in [0.15, 0.2) is 36.4 Å². The van der Waals surface area contributed by atoms with Gasteiger partial charge in [-0.05, 0) is 43.2 Å². The topological polar surface area (TPSA) is 18.5 Å². The molecular weight excluding hydrogens is 248 g/mol. The molecule has 2 heteroatoms. The van der Waals surface area contributed by atoms with Gasteiger partial charge in [0.05, 0.1) is 0 Å². The van der Waals surface area contributed by atoms with Crippen LogP contribution in [0.5, 0.6) is 5.75 Å². The molecule has 0 aliphatic carbocycles. The van der Waals surface area contributed by atoms with Crippen molar-refractivity contribution in [1.82, 2.24) is 0 Å². The highest BCUT2D eigenvalue weighted by atomic mass is 16.7. The molecule has 2 aromatic carbocycles. The molecule has 2 nitrogen and oxygen atoms in total. The number of benzene rings is 2. The van der Waals surface area contributed by atoms with E-state index in [1.54, 1.807) is 0 Å². The smallest absolute Gasteiger partial charge is 0.196 e. The Morgan fingerprint density at radius 2 is 1.65 bits per heavy atom. The first-order valence-electron chi connectivity index (χ1n) is 7.47. The van der Waals surface area contributed by atoms with Crippen LogP contribution in [0, 0.1) is 0 Å². The molecule has 0 saturated heterocycles. The zero-order valence-corrected chi connectivity index (χ0v) is 12.8. The van der Waals surface area contributed by atoms with Gasteiger partial charge in [0.15, 0.2) is 6.29 Å². The molecule has 2 aromatic rings. The summed E-state index contributed by atoms with van der Waals surface area (Å²) in [5.41, 5.74) is 1.39. The molecule has 2 unspecified atom stereocenters. The van der Waals surface area contributed by atoms with Gasteiger partial charge in [-0.3, -0.25) is 0 Å². The molecule has 20 heavy (non-hydrogen) atoms. The first kappa shape index (κ1) is 14.9. The lowest BCUT2D eigenvalue weighted by Crippen LogP contribution is -2.16. The minimum atomic E-state index is -0.224. The summed E-state index contributed by atoms with van der Waals surface area (Å²) < 4.78 is 11.4. The molecule has 0 N–H and O–H groups in total. The van der Waals surface area contributed by atoms with E-state index in [9.17, 15) is 0 Å². The summed E-state index contributed by atoms with van der Waals surface area (Å²) in [5, 5.41) is 2.44. The number of fused-ring (bicyclic) bond motifs is 1. The Labute approximate surface area is 121 Å². The van der Waals surface area contributed by atoms with Crippen LogP contribution < -0.4 is 4.74 Å². The van der Waals surface area contributed by atoms with Crippen LogP contribution in [-0.4, -0.2) is 12.9 Å². The lowest BCUT2D eigenvalue weighted by molar-refractivity contribution is -0.0605. The SMILES string of the molecule is CCOC(C)Oc1ccc(C(C)CC)c2ccccc12. The third-order valence-corrected chi connectivity index (χ3v) is 3.76. The fraction of sp³-hybridized carbons (Fsp3) is 0.444. The quantitative estimate of drug-likeness (QED) is 0.680. The number of rotatable bonds is 6. The number of hydrogen-bond donors (Lipinski definition) is 0. The van der Waals surface area contributed by atoms with E-state index in [1.165, 1.54) is 10.9 Å². The van der Waals surface area contributed by atoms with Gasteiger partial charge in [0.25, 0.3) is 0 Å². The molecule has 0 amide bonds. The van der Waals surface area contributed by atoms with Crippen LogP contribution in [0.1, 0.15) is 45.6 Å². The highest BCUT2D eigenvalue weighted by Gasteiger charge is 2.12. The van der Waals surface area contributed by atoms with Crippen LogP contribution >= 0.6 is 0 Å². The van der Waals surface area contributed by atoms with E-state index in [1.807, 2.05) is 13.8 Å². The Hall–Kier alpha value is -1.54. The summed E-state index contributed by atoms with van der Waals surface area (Å²) in [6, 6.07) is 12.7. The predicted octanol–water partition coefficient (Wildman–Crippen LogP) is 5.11. The molecule has 0 saturated carbocycles. The maximum atomic E-state index is 5.91. The summed E-state index contributed by atoms with van der Waals surface area (Å²) in [5.74, 6) is 1.45. The van der Waals surface area contributed by atoms with Gasteiger partial charge in [0, 0.05) is 12.0 Å². The molecule has 0 spiro atoms. The highest BCUT2D eigenvalue weighted by Crippen LogP contribution is 2.33. The van der Waals surface area contributed by atoms with Gasteiger partial charge in [0.2, 0.25) is 0 Å². The van der Waals surface area contributed by atoms with E-state index < -0.39 is 0 Å². The van der Waals surface area contributed by atoms with Crippen molar-refractivity contribution < 1.29 is 9.47 Å². The van der Waals surface area contributed by atoms with E-state index in [-0.39, 0.29) is 6.29 Å². The molecule has 0 fully saturated rings. The summed E-state index contributed by atoms with van der Waals surface area (Å²) in [4.78, 5) is 0. The normalized spacial score (nSPS) is 14.2. The number of ether oxygens (including phenoxy) is 2. The molecule has 2 rings (SSSR count). The monoisotopic (exact) mass is 272 g/mol. The van der Waals surface area contributed by atoms with Crippen molar-refractivity contribution in [3.8, 4) is 5.75 Å². The molecular formula is C18H24O2. The van der Waals surface area contributed by atoms with Crippen molar-refractivity contribution in [2.45, 2.75) is 46.3 Å². The van der Waals surface area contributed by atoms with Crippen molar-refractivity contribution in [2.75, 3.05) is 6.61 Å². The number of hydrogen-bond acceptors (Lipinski definition) is 2. The van der Waals surface area contributed by atoms with Crippen LogP contribution in [0.3, 0.4) is 0 Å². The van der Waals surface area contributed by atoms with Gasteiger partial charge >= 0.3 is 0 Å². The Morgan fingerprint density at radius 3 is 2.30 bits per heavy atom. The summed E-state index contributed by atoms with van der Waals surface area (Å²) in [6.07, 6.45) is 0.914. The van der Waals surface area contributed by atoms with Crippen LogP contribution in [0.4, 0.5) is 0 Å². The fourth-order valence-electron chi connectivity index (χ4n) is 2.49. The zero-order valence-electron chi connectivity index (χ0n) is 12.8. The van der Waals surface area contributed by atoms with E-state index in [0.29, 0.717) is 12.5 Å².